The first-order valence-electron chi connectivity index (χ1n) is 9.86. The monoisotopic (exact) mass is 364 g/mol. The predicted octanol–water partition coefficient (Wildman–Crippen LogP) is 4.72. The van der Waals surface area contributed by atoms with E-state index in [4.69, 9.17) is 14.8 Å². The molecule has 0 fully saturated rings. The zero-order valence-electron chi connectivity index (χ0n) is 16.9. The van der Waals surface area contributed by atoms with Crippen molar-refractivity contribution in [1.29, 1.82) is 0 Å². The molecule has 0 spiro atoms. The largest absolute Gasteiger partial charge is 0.497 e. The number of rotatable bonds is 5. The maximum atomic E-state index is 5.37. The number of methoxy groups -OCH3 is 1. The van der Waals surface area contributed by atoms with Crippen LogP contribution in [0.3, 0.4) is 0 Å². The van der Waals surface area contributed by atoms with Gasteiger partial charge < -0.3 is 10.1 Å². The molecule has 142 valence electrons. The molecule has 1 N–H and O–H groups in total. The van der Waals surface area contributed by atoms with E-state index in [2.05, 4.69) is 45.1 Å². The van der Waals surface area contributed by atoms with Gasteiger partial charge in [0, 0.05) is 22.9 Å². The molecule has 27 heavy (non-hydrogen) atoms. The molecule has 0 saturated carbocycles. The number of anilines is 1. The average molecular weight is 364 g/mol. The molecule has 1 atom stereocenters. The molecule has 5 heteroatoms. The van der Waals surface area contributed by atoms with Gasteiger partial charge in [0.1, 0.15) is 11.6 Å². The van der Waals surface area contributed by atoms with E-state index in [1.54, 1.807) is 7.11 Å². The summed E-state index contributed by atoms with van der Waals surface area (Å²) in [5, 5.41) is 8.60. The Labute approximate surface area is 160 Å². The molecular formula is C22H28N4O. The van der Waals surface area contributed by atoms with Crippen LogP contribution in [-0.4, -0.2) is 27.7 Å². The van der Waals surface area contributed by atoms with Gasteiger partial charge in [0.05, 0.1) is 12.8 Å². The average Bonchev–Trinajstić information content (AvgIpc) is 3.25. The maximum absolute atomic E-state index is 5.37. The highest BCUT2D eigenvalue weighted by Gasteiger charge is 2.25. The van der Waals surface area contributed by atoms with Crippen molar-refractivity contribution in [3.05, 3.63) is 40.7 Å². The minimum absolute atomic E-state index is 0.399. The van der Waals surface area contributed by atoms with Gasteiger partial charge in [-0.3, -0.25) is 0 Å². The number of benzene rings is 1. The predicted molar refractivity (Wildman–Crippen MR) is 110 cm³/mol. The Balaban J connectivity index is 1.96. The second-order valence-electron chi connectivity index (χ2n) is 7.57. The summed E-state index contributed by atoms with van der Waals surface area (Å²) in [6, 6.07) is 6.60. The van der Waals surface area contributed by atoms with E-state index in [1.807, 2.05) is 10.6 Å². The molecule has 0 saturated heterocycles. The Morgan fingerprint density at radius 3 is 2.78 bits per heavy atom. The van der Waals surface area contributed by atoms with Crippen LogP contribution in [0.1, 0.15) is 49.2 Å². The van der Waals surface area contributed by atoms with Crippen LogP contribution >= 0.6 is 0 Å². The Bertz CT molecular complexity index is 1010. The minimum Gasteiger partial charge on any atom is -0.497 e. The van der Waals surface area contributed by atoms with Crippen molar-refractivity contribution in [1.82, 2.24) is 14.6 Å². The molecule has 4 rings (SSSR count). The molecule has 0 amide bonds. The van der Waals surface area contributed by atoms with Gasteiger partial charge in [0.25, 0.3) is 0 Å². The van der Waals surface area contributed by atoms with E-state index in [-0.39, 0.29) is 0 Å². The topological polar surface area (TPSA) is 51.5 Å². The third kappa shape index (κ3) is 2.95. The first-order valence-corrected chi connectivity index (χ1v) is 9.86. The van der Waals surface area contributed by atoms with Gasteiger partial charge in [-0.2, -0.15) is 9.61 Å². The fourth-order valence-electron chi connectivity index (χ4n) is 3.98. The van der Waals surface area contributed by atoms with Crippen molar-refractivity contribution in [2.75, 3.05) is 12.4 Å². The fraction of sp³-hybridized carbons (Fsp3) is 0.455. The van der Waals surface area contributed by atoms with Crippen LogP contribution in [0.4, 0.5) is 5.82 Å². The van der Waals surface area contributed by atoms with Crippen LogP contribution in [0.25, 0.3) is 16.8 Å². The van der Waals surface area contributed by atoms with Crippen molar-refractivity contribution in [3.8, 4) is 16.9 Å². The lowest BCUT2D eigenvalue weighted by atomic mass is 10.0. The van der Waals surface area contributed by atoms with Gasteiger partial charge in [-0.05, 0) is 69.7 Å². The highest BCUT2D eigenvalue weighted by Crippen LogP contribution is 2.36. The number of fused-ring (bicyclic) bond motifs is 2. The Hall–Kier alpha value is -2.56. The highest BCUT2D eigenvalue weighted by molar-refractivity contribution is 5.83. The molecular weight excluding hydrogens is 336 g/mol. The van der Waals surface area contributed by atoms with Crippen molar-refractivity contribution in [2.45, 2.75) is 59.4 Å². The zero-order chi connectivity index (χ0) is 19.1. The summed E-state index contributed by atoms with van der Waals surface area (Å²) in [5.41, 5.74) is 7.98. The summed E-state index contributed by atoms with van der Waals surface area (Å²) < 4.78 is 7.41. The third-order valence-electron chi connectivity index (χ3n) is 5.66. The van der Waals surface area contributed by atoms with Gasteiger partial charge in [-0.15, -0.1) is 0 Å². The van der Waals surface area contributed by atoms with Gasteiger partial charge in [-0.25, -0.2) is 4.98 Å². The molecule has 1 aliphatic carbocycles. The van der Waals surface area contributed by atoms with Crippen LogP contribution < -0.4 is 10.1 Å². The lowest BCUT2D eigenvalue weighted by Crippen LogP contribution is -2.18. The van der Waals surface area contributed by atoms with Crippen LogP contribution in [-0.2, 0) is 12.8 Å². The standard InChI is InChI=1S/C22H28N4O/c1-6-14(3)23-21-18-8-7-9-19(18)24-22-20(15(4)25-26(21)22)17-11-10-16(27-5)12-13(17)2/h10-12,14,23H,6-9H2,1-5H3. The number of aromatic nitrogens is 3. The van der Waals surface area contributed by atoms with Crippen LogP contribution in [0.15, 0.2) is 18.2 Å². The number of nitrogens with zero attached hydrogens (tertiary/aromatic N) is 3. The lowest BCUT2D eigenvalue weighted by molar-refractivity contribution is 0.414. The third-order valence-corrected chi connectivity index (χ3v) is 5.66. The SMILES string of the molecule is CCC(C)Nc1c2c(nc3c(-c4ccc(OC)cc4C)c(C)nn13)CCC2. The lowest BCUT2D eigenvalue weighted by Gasteiger charge is -2.17. The van der Waals surface area contributed by atoms with E-state index in [0.29, 0.717) is 6.04 Å². The molecule has 1 aliphatic rings. The second kappa shape index (κ2) is 6.87. The summed E-state index contributed by atoms with van der Waals surface area (Å²) in [6.45, 7) is 8.62. The summed E-state index contributed by atoms with van der Waals surface area (Å²) in [4.78, 5) is 5.06. The van der Waals surface area contributed by atoms with Crippen molar-refractivity contribution in [2.24, 2.45) is 0 Å². The molecule has 3 aromatic rings. The number of nitrogens with one attached hydrogen (secondary N) is 1. The zero-order valence-corrected chi connectivity index (χ0v) is 16.9. The van der Waals surface area contributed by atoms with E-state index in [1.165, 1.54) is 28.8 Å². The van der Waals surface area contributed by atoms with Gasteiger partial charge in [0.2, 0.25) is 0 Å². The van der Waals surface area contributed by atoms with Gasteiger partial charge in [-0.1, -0.05) is 13.0 Å². The van der Waals surface area contributed by atoms with Crippen molar-refractivity contribution >= 4 is 11.5 Å². The molecule has 2 heterocycles. The second-order valence-corrected chi connectivity index (χ2v) is 7.57. The van der Waals surface area contributed by atoms with Gasteiger partial charge >= 0.3 is 0 Å². The Morgan fingerprint density at radius 1 is 1.26 bits per heavy atom. The number of hydrogen-bond acceptors (Lipinski definition) is 4. The summed E-state index contributed by atoms with van der Waals surface area (Å²) in [6.07, 6.45) is 4.36. The Morgan fingerprint density at radius 2 is 2.07 bits per heavy atom. The number of hydrogen-bond donors (Lipinski definition) is 1. The minimum atomic E-state index is 0.399. The first kappa shape index (κ1) is 17.8. The molecule has 1 unspecified atom stereocenters. The fourth-order valence-corrected chi connectivity index (χ4v) is 3.98. The van der Waals surface area contributed by atoms with E-state index < -0.39 is 0 Å². The molecule has 0 radical (unpaired) electrons. The molecule has 1 aromatic carbocycles. The van der Waals surface area contributed by atoms with Crippen LogP contribution in [0, 0.1) is 13.8 Å². The van der Waals surface area contributed by atoms with Gasteiger partial charge in [0.15, 0.2) is 5.65 Å². The van der Waals surface area contributed by atoms with E-state index in [0.717, 1.165) is 47.7 Å². The number of aryl methyl sites for hydroxylation is 3. The highest BCUT2D eigenvalue weighted by atomic mass is 16.5. The molecule has 0 bridgehead atoms. The Kier molecular flexibility index (Phi) is 4.54. The maximum Gasteiger partial charge on any atom is 0.165 e. The van der Waals surface area contributed by atoms with E-state index >= 15 is 0 Å². The molecule has 5 nitrogen and oxygen atoms in total. The molecule has 0 aliphatic heterocycles. The van der Waals surface area contributed by atoms with Crippen molar-refractivity contribution in [3.63, 3.8) is 0 Å². The van der Waals surface area contributed by atoms with E-state index in [9.17, 15) is 0 Å². The number of ether oxygens (including phenoxy) is 1. The first-order chi connectivity index (χ1) is 13.0. The summed E-state index contributed by atoms with van der Waals surface area (Å²) >= 11 is 0. The smallest absolute Gasteiger partial charge is 0.165 e. The normalized spacial score (nSPS) is 14.4. The van der Waals surface area contributed by atoms with Crippen LogP contribution in [0.5, 0.6) is 5.75 Å². The molecule has 2 aromatic heterocycles. The van der Waals surface area contributed by atoms with Crippen molar-refractivity contribution < 1.29 is 4.74 Å². The quantitative estimate of drug-likeness (QED) is 0.712. The summed E-state index contributed by atoms with van der Waals surface area (Å²) in [7, 11) is 1.70. The summed E-state index contributed by atoms with van der Waals surface area (Å²) in [5.74, 6) is 2.00. The van der Waals surface area contributed by atoms with Crippen LogP contribution in [0.2, 0.25) is 0 Å².